The predicted octanol–water partition coefficient (Wildman–Crippen LogP) is 3.98. The van der Waals surface area contributed by atoms with Gasteiger partial charge in [0.2, 0.25) is 0 Å². The minimum atomic E-state index is 1.02. The lowest BCUT2D eigenvalue weighted by Crippen LogP contribution is -2.41. The SMILES string of the molecule is C[C@H]1C[C@@H]2C[C@H]1C1C2[C@@H]2C[C@H]1C1C2[C@H]2C=C[C@@H]1C2. The fraction of sp³-hybridized carbons (Fsp3) is 0.889. The molecule has 5 fully saturated rings. The van der Waals surface area contributed by atoms with Crippen LogP contribution in [0.25, 0.3) is 0 Å². The lowest BCUT2D eigenvalue weighted by Gasteiger charge is -2.45. The number of hydrogen-bond acceptors (Lipinski definition) is 0. The van der Waals surface area contributed by atoms with Crippen molar-refractivity contribution in [3.63, 3.8) is 0 Å². The van der Waals surface area contributed by atoms with Crippen molar-refractivity contribution in [1.82, 2.24) is 0 Å². The third kappa shape index (κ3) is 0.816. The molecule has 0 N–H and O–H groups in total. The molecule has 6 rings (SSSR count). The van der Waals surface area contributed by atoms with E-state index in [-0.39, 0.29) is 0 Å². The molecular formula is C18H24. The highest BCUT2D eigenvalue weighted by molar-refractivity contribution is 5.24. The molecule has 6 aliphatic carbocycles. The summed E-state index contributed by atoms with van der Waals surface area (Å²) in [6.07, 6.45) is 11.6. The van der Waals surface area contributed by atoms with Crippen LogP contribution in [-0.4, -0.2) is 0 Å². The van der Waals surface area contributed by atoms with Crippen molar-refractivity contribution in [3.8, 4) is 0 Å². The van der Waals surface area contributed by atoms with Crippen LogP contribution in [0.5, 0.6) is 0 Å². The topological polar surface area (TPSA) is 0 Å². The van der Waals surface area contributed by atoms with Crippen LogP contribution >= 0.6 is 0 Å². The Hall–Kier alpha value is -0.260. The minimum absolute atomic E-state index is 1.02. The molecule has 0 spiro atoms. The monoisotopic (exact) mass is 240 g/mol. The summed E-state index contributed by atoms with van der Waals surface area (Å²) in [5.41, 5.74) is 0. The van der Waals surface area contributed by atoms with E-state index in [1.54, 1.807) is 25.7 Å². The standard InChI is InChI=1S/C18H24/c1-8-4-11-6-12(8)18-14-7-13(17(11)18)15-9-2-3-10(5-9)16(14)15/h2-3,8-18H,4-7H2,1H3/t8-,9-,10+,11+,12+,13+,14-,15?,16?,17?,18?/m0/s1. The van der Waals surface area contributed by atoms with Crippen LogP contribution in [-0.2, 0) is 0 Å². The predicted molar refractivity (Wildman–Crippen MR) is 71.7 cm³/mol. The van der Waals surface area contributed by atoms with Gasteiger partial charge in [-0.3, -0.25) is 0 Å². The molecular weight excluding hydrogens is 216 g/mol. The van der Waals surface area contributed by atoms with Gasteiger partial charge in [-0.05, 0) is 90.8 Å². The highest BCUT2D eigenvalue weighted by Gasteiger charge is 2.70. The van der Waals surface area contributed by atoms with E-state index >= 15 is 0 Å². The third-order valence-corrected chi connectivity index (χ3v) is 8.57. The molecule has 0 saturated heterocycles. The van der Waals surface area contributed by atoms with Crippen molar-refractivity contribution >= 4 is 0 Å². The lowest BCUT2D eigenvalue weighted by molar-refractivity contribution is 0.0330. The molecule has 0 amide bonds. The van der Waals surface area contributed by atoms with Gasteiger partial charge >= 0.3 is 0 Å². The smallest absolute Gasteiger partial charge is 0.0194 e. The lowest BCUT2D eigenvalue weighted by atomic mass is 9.59. The average molecular weight is 240 g/mol. The van der Waals surface area contributed by atoms with E-state index in [1.165, 1.54) is 23.7 Å². The Morgan fingerprint density at radius 2 is 1.39 bits per heavy atom. The molecule has 11 atom stereocenters. The van der Waals surface area contributed by atoms with E-state index in [2.05, 4.69) is 19.1 Å². The van der Waals surface area contributed by atoms with Crippen LogP contribution in [0.4, 0.5) is 0 Å². The van der Waals surface area contributed by atoms with Gasteiger partial charge in [-0.25, -0.2) is 0 Å². The van der Waals surface area contributed by atoms with Gasteiger partial charge < -0.3 is 0 Å². The van der Waals surface area contributed by atoms with Gasteiger partial charge in [-0.2, -0.15) is 0 Å². The second-order valence-corrected chi connectivity index (χ2v) is 8.69. The van der Waals surface area contributed by atoms with E-state index in [9.17, 15) is 0 Å². The summed E-state index contributed by atoms with van der Waals surface area (Å²) in [4.78, 5) is 0. The van der Waals surface area contributed by atoms with E-state index in [0.717, 1.165) is 41.4 Å². The number of hydrogen-bond donors (Lipinski definition) is 0. The Morgan fingerprint density at radius 3 is 2.17 bits per heavy atom. The maximum Gasteiger partial charge on any atom is -0.0194 e. The maximum atomic E-state index is 2.61. The van der Waals surface area contributed by atoms with Crippen molar-refractivity contribution in [2.24, 2.45) is 65.1 Å². The molecule has 6 aliphatic rings. The second-order valence-electron chi connectivity index (χ2n) is 8.69. The van der Waals surface area contributed by atoms with Gasteiger partial charge in [0.1, 0.15) is 0 Å². The highest BCUT2D eigenvalue weighted by Crippen LogP contribution is 2.76. The zero-order chi connectivity index (χ0) is 11.6. The Morgan fingerprint density at radius 1 is 0.667 bits per heavy atom. The molecule has 0 aromatic heterocycles. The first kappa shape index (κ1) is 9.61. The second kappa shape index (κ2) is 2.76. The van der Waals surface area contributed by atoms with Crippen LogP contribution < -0.4 is 0 Å². The average Bonchev–Trinajstić information content (AvgIpc) is 3.14. The summed E-state index contributed by atoms with van der Waals surface area (Å²) in [7, 11) is 0. The van der Waals surface area contributed by atoms with Gasteiger partial charge in [-0.1, -0.05) is 19.1 Å². The minimum Gasteiger partial charge on any atom is -0.0848 e. The molecule has 0 aromatic rings. The Bertz CT molecular complexity index is 449. The van der Waals surface area contributed by atoms with E-state index in [0.29, 0.717) is 0 Å². The molecule has 18 heavy (non-hydrogen) atoms. The first-order chi connectivity index (χ1) is 8.83. The molecule has 6 bridgehead atoms. The van der Waals surface area contributed by atoms with E-state index in [1.807, 2.05) is 0 Å². The highest BCUT2D eigenvalue weighted by atomic mass is 14.7. The number of rotatable bonds is 0. The molecule has 5 saturated carbocycles. The van der Waals surface area contributed by atoms with Crippen molar-refractivity contribution in [2.75, 3.05) is 0 Å². The number of fused-ring (bicyclic) bond motifs is 16. The summed E-state index contributed by atoms with van der Waals surface area (Å²) >= 11 is 0. The van der Waals surface area contributed by atoms with Gasteiger partial charge in [0.05, 0.1) is 0 Å². The zero-order valence-corrected chi connectivity index (χ0v) is 11.3. The Kier molecular flexibility index (Phi) is 1.48. The van der Waals surface area contributed by atoms with Crippen molar-refractivity contribution in [2.45, 2.75) is 32.6 Å². The summed E-state index contributed by atoms with van der Waals surface area (Å²) in [6, 6.07) is 0. The van der Waals surface area contributed by atoms with E-state index in [4.69, 9.17) is 0 Å². The first-order valence-corrected chi connectivity index (χ1v) is 8.51. The van der Waals surface area contributed by atoms with Crippen LogP contribution in [0.1, 0.15) is 32.6 Å². The van der Waals surface area contributed by atoms with Crippen LogP contribution in [0.3, 0.4) is 0 Å². The quantitative estimate of drug-likeness (QED) is 0.444. The number of allylic oxidation sites excluding steroid dienone is 2. The van der Waals surface area contributed by atoms with Gasteiger partial charge in [0.15, 0.2) is 0 Å². The van der Waals surface area contributed by atoms with Gasteiger partial charge in [-0.15, -0.1) is 0 Å². The zero-order valence-electron chi connectivity index (χ0n) is 11.3. The van der Waals surface area contributed by atoms with Crippen LogP contribution in [0, 0.1) is 65.1 Å². The van der Waals surface area contributed by atoms with Crippen molar-refractivity contribution in [3.05, 3.63) is 12.2 Å². The third-order valence-electron chi connectivity index (χ3n) is 8.57. The molecule has 96 valence electrons. The summed E-state index contributed by atoms with van der Waals surface area (Å²) in [5.74, 6) is 12.5. The largest absolute Gasteiger partial charge is 0.0848 e. The van der Waals surface area contributed by atoms with Crippen LogP contribution in [0.15, 0.2) is 12.2 Å². The first-order valence-electron chi connectivity index (χ1n) is 8.51. The molecule has 0 heteroatoms. The van der Waals surface area contributed by atoms with Crippen LogP contribution in [0.2, 0.25) is 0 Å². The normalized spacial score (nSPS) is 73.3. The molecule has 0 aromatic carbocycles. The Balaban J connectivity index is 1.46. The summed E-state index contributed by atoms with van der Waals surface area (Å²) in [6.45, 7) is 2.56. The van der Waals surface area contributed by atoms with Crippen molar-refractivity contribution < 1.29 is 0 Å². The maximum absolute atomic E-state index is 2.61. The summed E-state index contributed by atoms with van der Waals surface area (Å²) < 4.78 is 0. The Labute approximate surface area is 110 Å². The van der Waals surface area contributed by atoms with Crippen molar-refractivity contribution in [1.29, 1.82) is 0 Å². The molecule has 0 heterocycles. The fourth-order valence-electron chi connectivity index (χ4n) is 8.58. The van der Waals surface area contributed by atoms with Gasteiger partial charge in [0.25, 0.3) is 0 Å². The molecule has 0 nitrogen and oxygen atoms in total. The van der Waals surface area contributed by atoms with Gasteiger partial charge in [0, 0.05) is 0 Å². The summed E-state index contributed by atoms with van der Waals surface area (Å²) in [5, 5.41) is 0. The van der Waals surface area contributed by atoms with E-state index < -0.39 is 0 Å². The molecule has 0 aliphatic heterocycles. The molecule has 4 unspecified atom stereocenters. The fourth-order valence-corrected chi connectivity index (χ4v) is 8.58. The molecule has 0 radical (unpaired) electrons.